The van der Waals surface area contributed by atoms with Crippen LogP contribution in [0, 0.1) is 0 Å². The molecule has 0 bridgehead atoms. The second-order valence-corrected chi connectivity index (χ2v) is 8.28. The first-order chi connectivity index (χ1) is 13.7. The van der Waals surface area contributed by atoms with Gasteiger partial charge in [-0.05, 0) is 48.5 Å². The largest absolute Gasteiger partial charge is 0.468 e. The van der Waals surface area contributed by atoms with Crippen LogP contribution in [0.2, 0.25) is 0 Å². The lowest BCUT2D eigenvalue weighted by Gasteiger charge is -2.17. The van der Waals surface area contributed by atoms with Crippen LogP contribution < -0.4 is 5.32 Å². The minimum Gasteiger partial charge on any atom is -0.468 e. The first-order valence-electron chi connectivity index (χ1n) is 8.47. The summed E-state index contributed by atoms with van der Waals surface area (Å²) in [5.74, 6) is -0.555. The molecule has 0 aliphatic rings. The summed E-state index contributed by atoms with van der Waals surface area (Å²) >= 11 is 0. The number of halogens is 3. The van der Waals surface area contributed by atoms with E-state index in [1.54, 1.807) is 18.2 Å². The van der Waals surface area contributed by atoms with Crippen molar-refractivity contribution in [3.8, 4) is 0 Å². The Hall–Kier alpha value is -3.07. The zero-order valence-electron chi connectivity index (χ0n) is 14.9. The molecule has 2 aromatic carbocycles. The van der Waals surface area contributed by atoms with Gasteiger partial charge in [-0.15, -0.1) is 0 Å². The highest BCUT2D eigenvalue weighted by molar-refractivity contribution is 7.91. The maximum Gasteiger partial charge on any atom is 0.416 e. The number of carbonyl (C=O) groups excluding carboxylic acids is 1. The van der Waals surface area contributed by atoms with Crippen molar-refractivity contribution in [2.45, 2.75) is 16.3 Å². The van der Waals surface area contributed by atoms with Crippen LogP contribution in [-0.4, -0.2) is 20.9 Å². The minimum absolute atomic E-state index is 0.0201. The van der Waals surface area contributed by atoms with Crippen LogP contribution in [0.4, 0.5) is 13.2 Å². The van der Waals surface area contributed by atoms with E-state index >= 15 is 0 Å². The van der Waals surface area contributed by atoms with E-state index in [1.165, 1.54) is 30.5 Å². The summed E-state index contributed by atoms with van der Waals surface area (Å²) in [5, 5.41) is 1.27. The van der Waals surface area contributed by atoms with Gasteiger partial charge in [0.25, 0.3) is 5.91 Å². The van der Waals surface area contributed by atoms with Crippen molar-refractivity contribution in [3.63, 3.8) is 0 Å². The average molecular weight is 423 g/mol. The molecular weight excluding hydrogens is 407 g/mol. The lowest BCUT2D eigenvalue weighted by molar-refractivity contribution is -0.137. The summed E-state index contributed by atoms with van der Waals surface area (Å²) in [6.07, 6.45) is -3.19. The monoisotopic (exact) mass is 423 g/mol. The lowest BCUT2D eigenvalue weighted by atomic mass is 10.1. The van der Waals surface area contributed by atoms with Crippen LogP contribution in [0.1, 0.15) is 26.9 Å². The maximum atomic E-state index is 13.0. The van der Waals surface area contributed by atoms with Crippen molar-refractivity contribution in [1.29, 1.82) is 0 Å². The lowest BCUT2D eigenvalue weighted by Crippen LogP contribution is -2.31. The number of benzene rings is 2. The molecule has 1 N–H and O–H groups in total. The minimum atomic E-state index is -4.51. The van der Waals surface area contributed by atoms with E-state index in [1.807, 2.05) is 0 Å². The molecule has 9 heteroatoms. The van der Waals surface area contributed by atoms with Crippen LogP contribution in [0.5, 0.6) is 0 Å². The Morgan fingerprint density at radius 1 is 0.966 bits per heavy atom. The molecule has 1 amide bonds. The number of furan rings is 1. The molecule has 0 aliphatic heterocycles. The molecule has 0 spiro atoms. The molecule has 1 heterocycles. The van der Waals surface area contributed by atoms with E-state index in [0.717, 1.165) is 24.3 Å². The summed E-state index contributed by atoms with van der Waals surface area (Å²) < 4.78 is 69.2. The Bertz CT molecular complexity index is 1060. The average Bonchev–Trinajstić information content (AvgIpc) is 3.22. The number of nitrogens with one attached hydrogen (secondary N) is 1. The second kappa shape index (κ2) is 8.12. The fourth-order valence-corrected chi connectivity index (χ4v) is 4.32. The summed E-state index contributed by atoms with van der Waals surface area (Å²) in [4.78, 5) is 12.4. The van der Waals surface area contributed by atoms with E-state index in [4.69, 9.17) is 4.42 Å². The Kier molecular flexibility index (Phi) is 5.78. The van der Waals surface area contributed by atoms with Crippen LogP contribution >= 0.6 is 0 Å². The number of rotatable bonds is 6. The Balaban J connectivity index is 1.80. The molecule has 0 saturated heterocycles. The number of hydrogen-bond acceptors (Lipinski definition) is 4. The second-order valence-electron chi connectivity index (χ2n) is 6.15. The zero-order chi connectivity index (χ0) is 21.1. The Morgan fingerprint density at radius 2 is 1.62 bits per heavy atom. The van der Waals surface area contributed by atoms with Gasteiger partial charge in [-0.3, -0.25) is 4.79 Å². The molecule has 3 aromatic rings. The van der Waals surface area contributed by atoms with Gasteiger partial charge >= 0.3 is 6.18 Å². The van der Waals surface area contributed by atoms with Gasteiger partial charge in [0, 0.05) is 12.1 Å². The highest BCUT2D eigenvalue weighted by Gasteiger charge is 2.32. The molecule has 0 radical (unpaired) electrons. The Labute approximate surface area is 165 Å². The topological polar surface area (TPSA) is 76.4 Å². The van der Waals surface area contributed by atoms with Crippen molar-refractivity contribution in [3.05, 3.63) is 89.9 Å². The molecule has 1 atom stereocenters. The molecule has 152 valence electrons. The number of hydrogen-bond donors (Lipinski definition) is 1. The van der Waals surface area contributed by atoms with E-state index in [2.05, 4.69) is 5.32 Å². The molecule has 3 rings (SSSR count). The van der Waals surface area contributed by atoms with Crippen molar-refractivity contribution < 1.29 is 30.8 Å². The van der Waals surface area contributed by atoms with Gasteiger partial charge in [0.15, 0.2) is 9.84 Å². The molecule has 0 saturated carbocycles. The third-order valence-corrected chi connectivity index (χ3v) is 6.31. The van der Waals surface area contributed by atoms with E-state index < -0.39 is 32.7 Å². The van der Waals surface area contributed by atoms with E-state index in [9.17, 15) is 26.4 Å². The van der Waals surface area contributed by atoms with Gasteiger partial charge in [-0.25, -0.2) is 8.42 Å². The van der Waals surface area contributed by atoms with E-state index in [-0.39, 0.29) is 22.8 Å². The van der Waals surface area contributed by atoms with E-state index in [0.29, 0.717) is 0 Å². The van der Waals surface area contributed by atoms with Gasteiger partial charge in [-0.1, -0.05) is 18.2 Å². The van der Waals surface area contributed by atoms with Crippen molar-refractivity contribution in [2.24, 2.45) is 0 Å². The fraction of sp³-hybridized carbons (Fsp3) is 0.150. The summed E-state index contributed by atoms with van der Waals surface area (Å²) in [6, 6.07) is 14.4. The van der Waals surface area contributed by atoms with Crippen molar-refractivity contribution >= 4 is 15.7 Å². The number of amides is 1. The first kappa shape index (κ1) is 20.7. The third-order valence-electron chi connectivity index (χ3n) is 4.23. The van der Waals surface area contributed by atoms with Gasteiger partial charge in [-0.2, -0.15) is 13.2 Å². The normalized spacial score (nSPS) is 13.1. The maximum absolute atomic E-state index is 13.0. The quantitative estimate of drug-likeness (QED) is 0.643. The predicted octanol–water partition coefficient (Wildman–Crippen LogP) is 4.24. The SMILES string of the molecule is O=C(NC[C@@H](c1ccco1)S(=O)(=O)c1ccccc1)c1ccc(C(F)(F)F)cc1. The highest BCUT2D eigenvalue weighted by Crippen LogP contribution is 2.30. The zero-order valence-corrected chi connectivity index (χ0v) is 15.7. The third kappa shape index (κ3) is 4.68. The van der Waals surface area contributed by atoms with Crippen LogP contribution in [0.15, 0.2) is 82.3 Å². The molecule has 0 aliphatic carbocycles. The first-order valence-corrected chi connectivity index (χ1v) is 10.0. The van der Waals surface area contributed by atoms with Gasteiger partial charge in [0.05, 0.1) is 16.7 Å². The number of carbonyl (C=O) groups is 1. The molecular formula is C20H16F3NO4S. The van der Waals surface area contributed by atoms with Gasteiger partial charge < -0.3 is 9.73 Å². The smallest absolute Gasteiger partial charge is 0.416 e. The van der Waals surface area contributed by atoms with Gasteiger partial charge in [0.1, 0.15) is 11.0 Å². The number of sulfone groups is 1. The standard InChI is InChI=1S/C20H16F3NO4S/c21-20(22,23)15-10-8-14(9-11-15)19(25)24-13-18(17-7-4-12-28-17)29(26,27)16-5-2-1-3-6-16/h1-12,18H,13H2,(H,24,25)/t18-/m0/s1. The molecule has 0 unspecified atom stereocenters. The summed E-state index contributed by atoms with van der Waals surface area (Å²) in [6.45, 7) is -0.315. The van der Waals surface area contributed by atoms with Crippen LogP contribution in [0.25, 0.3) is 0 Å². The molecule has 5 nitrogen and oxygen atoms in total. The Morgan fingerprint density at radius 3 is 2.17 bits per heavy atom. The summed E-state index contributed by atoms with van der Waals surface area (Å²) in [7, 11) is -3.89. The number of alkyl halides is 3. The fourth-order valence-electron chi connectivity index (χ4n) is 2.71. The molecule has 0 fully saturated rings. The summed E-state index contributed by atoms with van der Waals surface area (Å²) in [5.41, 5.74) is -0.900. The highest BCUT2D eigenvalue weighted by atomic mass is 32.2. The van der Waals surface area contributed by atoms with Crippen molar-refractivity contribution in [1.82, 2.24) is 5.32 Å². The predicted molar refractivity (Wildman–Crippen MR) is 98.9 cm³/mol. The van der Waals surface area contributed by atoms with Crippen molar-refractivity contribution in [2.75, 3.05) is 6.54 Å². The van der Waals surface area contributed by atoms with Crippen LogP contribution in [0.3, 0.4) is 0 Å². The van der Waals surface area contributed by atoms with Crippen LogP contribution in [-0.2, 0) is 16.0 Å². The molecule has 1 aromatic heterocycles. The van der Waals surface area contributed by atoms with Gasteiger partial charge in [0.2, 0.25) is 0 Å². The molecule has 29 heavy (non-hydrogen) atoms.